The Morgan fingerprint density at radius 1 is 1.05 bits per heavy atom. The standard InChI is InChI=1S/C7H12O2.C6H10O4/c1-4-2-3-5(8)7-6(4)9-7;7-5(8)3-1-2-4-6(9)10/h4-8H,2-3H2,1H3;1-4H2,(H,7,8)(H,9,10). The second-order valence-electron chi connectivity index (χ2n) is 5.18. The van der Waals surface area contributed by atoms with Crippen molar-refractivity contribution in [2.45, 2.75) is 63.8 Å². The molecular formula is C13H22O6. The lowest BCUT2D eigenvalue weighted by Crippen LogP contribution is -2.25. The zero-order valence-corrected chi connectivity index (χ0v) is 11.1. The monoisotopic (exact) mass is 274 g/mol. The van der Waals surface area contributed by atoms with E-state index in [-0.39, 0.29) is 25.0 Å². The summed E-state index contributed by atoms with van der Waals surface area (Å²) in [6.07, 6.45) is 3.52. The summed E-state index contributed by atoms with van der Waals surface area (Å²) in [5.41, 5.74) is 0. The third kappa shape index (κ3) is 6.02. The lowest BCUT2D eigenvalue weighted by Gasteiger charge is -2.16. The van der Waals surface area contributed by atoms with E-state index in [1.165, 1.54) is 0 Å². The molecule has 19 heavy (non-hydrogen) atoms. The first-order valence-electron chi connectivity index (χ1n) is 6.69. The molecule has 1 aliphatic carbocycles. The first-order chi connectivity index (χ1) is 8.91. The van der Waals surface area contributed by atoms with E-state index in [9.17, 15) is 14.7 Å². The number of aliphatic hydroxyl groups excluding tert-OH is 1. The van der Waals surface area contributed by atoms with Crippen LogP contribution in [0.3, 0.4) is 0 Å². The van der Waals surface area contributed by atoms with Crippen LogP contribution < -0.4 is 0 Å². The van der Waals surface area contributed by atoms with Crippen molar-refractivity contribution in [3.8, 4) is 0 Å². The molecule has 2 fully saturated rings. The van der Waals surface area contributed by atoms with Gasteiger partial charge >= 0.3 is 11.9 Å². The van der Waals surface area contributed by atoms with Gasteiger partial charge in [-0.3, -0.25) is 9.59 Å². The number of hydrogen-bond donors (Lipinski definition) is 3. The maximum Gasteiger partial charge on any atom is 0.303 e. The SMILES string of the molecule is CC1CCC(O)C2OC12.O=C(O)CCCCC(=O)O. The molecule has 1 saturated carbocycles. The molecule has 0 aromatic rings. The number of aliphatic carboxylic acids is 2. The number of epoxide rings is 1. The minimum atomic E-state index is -0.870. The quantitative estimate of drug-likeness (QED) is 0.514. The Hall–Kier alpha value is -1.14. The zero-order valence-electron chi connectivity index (χ0n) is 11.1. The topological polar surface area (TPSA) is 107 Å². The average molecular weight is 274 g/mol. The summed E-state index contributed by atoms with van der Waals surface area (Å²) in [6, 6.07) is 0. The van der Waals surface area contributed by atoms with E-state index >= 15 is 0 Å². The predicted octanol–water partition coefficient (Wildman–Crippen LogP) is 1.26. The third-order valence-corrected chi connectivity index (χ3v) is 3.45. The highest BCUT2D eigenvalue weighted by Crippen LogP contribution is 2.40. The predicted molar refractivity (Wildman–Crippen MR) is 66.8 cm³/mol. The van der Waals surface area contributed by atoms with Crippen molar-refractivity contribution in [2.75, 3.05) is 0 Å². The van der Waals surface area contributed by atoms with Gasteiger partial charge in [0.15, 0.2) is 0 Å². The van der Waals surface area contributed by atoms with E-state index in [1.54, 1.807) is 0 Å². The minimum Gasteiger partial charge on any atom is -0.481 e. The van der Waals surface area contributed by atoms with Crippen LogP contribution in [0.5, 0.6) is 0 Å². The van der Waals surface area contributed by atoms with Crippen LogP contribution in [0.2, 0.25) is 0 Å². The molecule has 3 N–H and O–H groups in total. The summed E-state index contributed by atoms with van der Waals surface area (Å²) in [5, 5.41) is 25.5. The Morgan fingerprint density at radius 3 is 2.00 bits per heavy atom. The molecule has 4 atom stereocenters. The van der Waals surface area contributed by atoms with Gasteiger partial charge in [-0.15, -0.1) is 0 Å². The Morgan fingerprint density at radius 2 is 1.58 bits per heavy atom. The summed E-state index contributed by atoms with van der Waals surface area (Å²) < 4.78 is 5.25. The summed E-state index contributed by atoms with van der Waals surface area (Å²) in [4.78, 5) is 19.8. The first-order valence-corrected chi connectivity index (χ1v) is 6.69. The zero-order chi connectivity index (χ0) is 14.4. The smallest absolute Gasteiger partial charge is 0.303 e. The van der Waals surface area contributed by atoms with Crippen LogP contribution in [0.15, 0.2) is 0 Å². The number of hydrogen-bond acceptors (Lipinski definition) is 4. The second-order valence-corrected chi connectivity index (χ2v) is 5.18. The second kappa shape index (κ2) is 7.45. The molecule has 6 heteroatoms. The van der Waals surface area contributed by atoms with Gasteiger partial charge in [0.25, 0.3) is 0 Å². The van der Waals surface area contributed by atoms with Gasteiger partial charge in [-0.25, -0.2) is 0 Å². The van der Waals surface area contributed by atoms with Crippen LogP contribution in [-0.4, -0.2) is 45.6 Å². The van der Waals surface area contributed by atoms with Gasteiger partial charge in [-0.05, 0) is 31.6 Å². The van der Waals surface area contributed by atoms with Crippen LogP contribution in [0.1, 0.15) is 45.4 Å². The van der Waals surface area contributed by atoms with Crippen molar-refractivity contribution < 1.29 is 29.6 Å². The van der Waals surface area contributed by atoms with Crippen molar-refractivity contribution >= 4 is 11.9 Å². The average Bonchev–Trinajstić information content (AvgIpc) is 3.11. The molecule has 0 amide bonds. The fraction of sp³-hybridized carbons (Fsp3) is 0.846. The fourth-order valence-electron chi connectivity index (χ4n) is 2.22. The Kier molecular flexibility index (Phi) is 6.24. The maximum absolute atomic E-state index is 9.90. The highest BCUT2D eigenvalue weighted by Gasteiger charge is 2.50. The Labute approximate surface area is 112 Å². The number of aliphatic hydroxyl groups is 1. The van der Waals surface area contributed by atoms with Gasteiger partial charge < -0.3 is 20.1 Å². The lowest BCUT2D eigenvalue weighted by atomic mass is 9.89. The summed E-state index contributed by atoms with van der Waals surface area (Å²) in [6.45, 7) is 2.19. The van der Waals surface area contributed by atoms with E-state index in [1.807, 2.05) is 0 Å². The highest BCUT2D eigenvalue weighted by molar-refractivity contribution is 5.67. The van der Waals surface area contributed by atoms with Gasteiger partial charge in [0.1, 0.15) is 6.10 Å². The third-order valence-electron chi connectivity index (χ3n) is 3.45. The van der Waals surface area contributed by atoms with Crippen LogP contribution >= 0.6 is 0 Å². The Bertz CT molecular complexity index is 286. The molecule has 0 aromatic heterocycles. The largest absolute Gasteiger partial charge is 0.481 e. The summed E-state index contributed by atoms with van der Waals surface area (Å²) in [5.74, 6) is -1.06. The molecule has 1 heterocycles. The molecule has 0 aromatic carbocycles. The summed E-state index contributed by atoms with van der Waals surface area (Å²) in [7, 11) is 0. The van der Waals surface area contributed by atoms with Crippen molar-refractivity contribution in [2.24, 2.45) is 5.92 Å². The van der Waals surface area contributed by atoms with Gasteiger partial charge in [0.05, 0.1) is 12.2 Å². The van der Waals surface area contributed by atoms with Gasteiger partial charge in [0, 0.05) is 12.8 Å². The number of unbranched alkanes of at least 4 members (excludes halogenated alkanes) is 1. The van der Waals surface area contributed by atoms with E-state index in [0.717, 1.165) is 12.8 Å². The Balaban J connectivity index is 0.000000190. The van der Waals surface area contributed by atoms with Crippen molar-refractivity contribution in [1.82, 2.24) is 0 Å². The van der Waals surface area contributed by atoms with Crippen LogP contribution in [0.4, 0.5) is 0 Å². The summed E-state index contributed by atoms with van der Waals surface area (Å²) >= 11 is 0. The van der Waals surface area contributed by atoms with E-state index < -0.39 is 11.9 Å². The van der Waals surface area contributed by atoms with Crippen LogP contribution in [0, 0.1) is 5.92 Å². The normalized spacial score (nSPS) is 31.7. The molecule has 1 aliphatic heterocycles. The molecular weight excluding hydrogens is 252 g/mol. The maximum atomic E-state index is 9.90. The molecule has 0 spiro atoms. The highest BCUT2D eigenvalue weighted by atomic mass is 16.6. The number of carboxylic acids is 2. The molecule has 4 unspecified atom stereocenters. The molecule has 0 bridgehead atoms. The van der Waals surface area contributed by atoms with Gasteiger partial charge in [0.2, 0.25) is 0 Å². The molecule has 0 radical (unpaired) electrons. The molecule has 1 saturated heterocycles. The van der Waals surface area contributed by atoms with E-state index in [2.05, 4.69) is 6.92 Å². The van der Waals surface area contributed by atoms with E-state index in [4.69, 9.17) is 14.9 Å². The minimum absolute atomic E-state index is 0.0628. The molecule has 2 rings (SSSR count). The van der Waals surface area contributed by atoms with Gasteiger partial charge in [-0.2, -0.15) is 0 Å². The van der Waals surface area contributed by atoms with Gasteiger partial charge in [-0.1, -0.05) is 6.92 Å². The number of carboxylic acid groups (broad SMARTS) is 2. The van der Waals surface area contributed by atoms with Crippen molar-refractivity contribution in [3.05, 3.63) is 0 Å². The van der Waals surface area contributed by atoms with E-state index in [0.29, 0.717) is 24.9 Å². The molecule has 2 aliphatic rings. The number of ether oxygens (including phenoxy) is 1. The number of rotatable bonds is 5. The van der Waals surface area contributed by atoms with Crippen molar-refractivity contribution in [3.63, 3.8) is 0 Å². The fourth-order valence-corrected chi connectivity index (χ4v) is 2.22. The molecule has 6 nitrogen and oxygen atoms in total. The van der Waals surface area contributed by atoms with Crippen LogP contribution in [-0.2, 0) is 14.3 Å². The molecule has 110 valence electrons. The lowest BCUT2D eigenvalue weighted by molar-refractivity contribution is -0.139. The number of fused-ring (bicyclic) bond motifs is 1. The van der Waals surface area contributed by atoms with Crippen LogP contribution in [0.25, 0.3) is 0 Å². The first kappa shape index (κ1) is 15.9. The number of carbonyl (C=O) groups is 2. The van der Waals surface area contributed by atoms with Crippen molar-refractivity contribution in [1.29, 1.82) is 0 Å².